The smallest absolute Gasteiger partial charge is 0.410 e. The van der Waals surface area contributed by atoms with Crippen molar-refractivity contribution in [2.75, 3.05) is 19.6 Å². The number of nitrogens with zero attached hydrogens (tertiary/aromatic N) is 1. The minimum Gasteiger partial charge on any atom is -0.444 e. The van der Waals surface area contributed by atoms with Crippen LogP contribution in [-0.2, 0) is 11.3 Å². The van der Waals surface area contributed by atoms with E-state index in [4.69, 9.17) is 16.3 Å². The van der Waals surface area contributed by atoms with Gasteiger partial charge in [0.2, 0.25) is 0 Å². The van der Waals surface area contributed by atoms with Gasteiger partial charge >= 0.3 is 6.09 Å². The fourth-order valence-corrected chi connectivity index (χ4v) is 2.07. The van der Waals surface area contributed by atoms with Crippen LogP contribution in [0.1, 0.15) is 39.7 Å². The number of carbonyl (C=O) groups is 1. The molecule has 4 nitrogen and oxygen atoms in total. The van der Waals surface area contributed by atoms with Gasteiger partial charge in [0, 0.05) is 31.2 Å². The van der Waals surface area contributed by atoms with Crippen LogP contribution in [0.2, 0.25) is 5.02 Å². The Bertz CT molecular complexity index is 455. The molecule has 22 heavy (non-hydrogen) atoms. The monoisotopic (exact) mass is 326 g/mol. The predicted octanol–water partition coefficient (Wildman–Crippen LogP) is 4.08. The summed E-state index contributed by atoms with van der Waals surface area (Å²) in [6.45, 7) is 10.5. The molecule has 0 radical (unpaired) electrons. The number of nitrogens with one attached hydrogen (secondary N) is 1. The molecule has 1 N–H and O–H groups in total. The standard InChI is InChI=1S/C17H27ClN2O2/c1-5-11-20(16(21)22-17(2,3)4)12-10-19-13-14-6-8-15(18)9-7-14/h6-9,19H,5,10-13H2,1-4H3. The number of hydrogen-bond donors (Lipinski definition) is 1. The van der Waals surface area contributed by atoms with Gasteiger partial charge < -0.3 is 15.0 Å². The summed E-state index contributed by atoms with van der Waals surface area (Å²) in [5.74, 6) is 0. The van der Waals surface area contributed by atoms with Crippen LogP contribution in [0, 0.1) is 0 Å². The van der Waals surface area contributed by atoms with Crippen LogP contribution in [-0.4, -0.2) is 36.2 Å². The fourth-order valence-electron chi connectivity index (χ4n) is 1.94. The normalized spacial score (nSPS) is 11.3. The molecule has 0 aliphatic heterocycles. The number of carbonyl (C=O) groups excluding carboxylic acids is 1. The summed E-state index contributed by atoms with van der Waals surface area (Å²) in [6.07, 6.45) is 0.666. The third-order valence-electron chi connectivity index (χ3n) is 2.95. The summed E-state index contributed by atoms with van der Waals surface area (Å²) >= 11 is 5.86. The molecule has 0 aromatic heterocycles. The van der Waals surface area contributed by atoms with Crippen molar-refractivity contribution in [2.24, 2.45) is 0 Å². The van der Waals surface area contributed by atoms with Crippen molar-refractivity contribution in [1.29, 1.82) is 0 Å². The van der Waals surface area contributed by atoms with Crippen LogP contribution in [0.25, 0.3) is 0 Å². The lowest BCUT2D eigenvalue weighted by Crippen LogP contribution is -2.40. The van der Waals surface area contributed by atoms with Crippen molar-refractivity contribution in [1.82, 2.24) is 10.2 Å². The summed E-state index contributed by atoms with van der Waals surface area (Å²) in [6, 6.07) is 7.74. The Hall–Kier alpha value is -1.26. The van der Waals surface area contributed by atoms with Crippen LogP contribution in [0.15, 0.2) is 24.3 Å². The van der Waals surface area contributed by atoms with Crippen molar-refractivity contribution < 1.29 is 9.53 Å². The van der Waals surface area contributed by atoms with Crippen LogP contribution >= 0.6 is 11.6 Å². The van der Waals surface area contributed by atoms with E-state index in [1.165, 1.54) is 5.56 Å². The highest BCUT2D eigenvalue weighted by atomic mass is 35.5. The van der Waals surface area contributed by atoms with Crippen molar-refractivity contribution in [3.63, 3.8) is 0 Å². The Kier molecular flexibility index (Phi) is 7.69. The predicted molar refractivity (Wildman–Crippen MR) is 91.3 cm³/mol. The molecule has 0 aliphatic carbocycles. The fraction of sp³-hybridized carbons (Fsp3) is 0.588. The molecule has 5 heteroatoms. The molecule has 0 unspecified atom stereocenters. The maximum absolute atomic E-state index is 12.1. The van der Waals surface area contributed by atoms with E-state index >= 15 is 0 Å². The topological polar surface area (TPSA) is 41.6 Å². The van der Waals surface area contributed by atoms with Crippen LogP contribution in [0.5, 0.6) is 0 Å². The van der Waals surface area contributed by atoms with E-state index < -0.39 is 5.60 Å². The third kappa shape index (κ3) is 7.66. The van der Waals surface area contributed by atoms with Gasteiger partial charge in [0.25, 0.3) is 0 Å². The van der Waals surface area contributed by atoms with Gasteiger partial charge in [0.15, 0.2) is 0 Å². The van der Waals surface area contributed by atoms with Crippen molar-refractivity contribution in [2.45, 2.75) is 46.3 Å². The molecule has 0 spiro atoms. The SMILES string of the molecule is CCCN(CCNCc1ccc(Cl)cc1)C(=O)OC(C)(C)C. The molecule has 0 heterocycles. The number of hydrogen-bond acceptors (Lipinski definition) is 3. The van der Waals surface area contributed by atoms with E-state index in [1.807, 2.05) is 45.0 Å². The molecule has 0 atom stereocenters. The lowest BCUT2D eigenvalue weighted by Gasteiger charge is -2.27. The van der Waals surface area contributed by atoms with Crippen LogP contribution in [0.3, 0.4) is 0 Å². The number of rotatable bonds is 7. The summed E-state index contributed by atoms with van der Waals surface area (Å²) < 4.78 is 5.43. The molecule has 0 saturated heterocycles. The second kappa shape index (κ2) is 9.01. The highest BCUT2D eigenvalue weighted by Gasteiger charge is 2.21. The Morgan fingerprint density at radius 2 is 1.86 bits per heavy atom. The van der Waals surface area contributed by atoms with Gasteiger partial charge in [-0.05, 0) is 44.9 Å². The number of ether oxygens (including phenoxy) is 1. The van der Waals surface area contributed by atoms with Crippen molar-refractivity contribution in [3.05, 3.63) is 34.9 Å². The van der Waals surface area contributed by atoms with Gasteiger partial charge in [-0.3, -0.25) is 0 Å². The molecule has 0 saturated carbocycles. The van der Waals surface area contributed by atoms with E-state index in [2.05, 4.69) is 12.2 Å². The average molecular weight is 327 g/mol. The second-order valence-electron chi connectivity index (χ2n) is 6.27. The summed E-state index contributed by atoms with van der Waals surface area (Å²) in [7, 11) is 0. The first-order chi connectivity index (χ1) is 10.3. The van der Waals surface area contributed by atoms with Gasteiger partial charge in [-0.2, -0.15) is 0 Å². The Morgan fingerprint density at radius 3 is 2.41 bits per heavy atom. The second-order valence-corrected chi connectivity index (χ2v) is 6.71. The van der Waals surface area contributed by atoms with E-state index in [0.717, 1.165) is 24.5 Å². The van der Waals surface area contributed by atoms with Crippen molar-refractivity contribution in [3.8, 4) is 0 Å². The van der Waals surface area contributed by atoms with E-state index in [-0.39, 0.29) is 6.09 Å². The van der Waals surface area contributed by atoms with Gasteiger partial charge in [-0.25, -0.2) is 4.79 Å². The molecular weight excluding hydrogens is 300 g/mol. The average Bonchev–Trinajstić information content (AvgIpc) is 2.42. The molecule has 0 aliphatic rings. The minimum atomic E-state index is -0.459. The molecule has 1 amide bonds. The minimum absolute atomic E-state index is 0.248. The third-order valence-corrected chi connectivity index (χ3v) is 3.20. The van der Waals surface area contributed by atoms with Gasteiger partial charge in [-0.15, -0.1) is 0 Å². The first-order valence-electron chi connectivity index (χ1n) is 7.75. The molecule has 124 valence electrons. The van der Waals surface area contributed by atoms with Crippen LogP contribution in [0.4, 0.5) is 4.79 Å². The van der Waals surface area contributed by atoms with Gasteiger partial charge in [0.05, 0.1) is 0 Å². The lowest BCUT2D eigenvalue weighted by atomic mass is 10.2. The maximum atomic E-state index is 12.1. The number of benzene rings is 1. The first-order valence-corrected chi connectivity index (χ1v) is 8.12. The van der Waals surface area contributed by atoms with Gasteiger partial charge in [-0.1, -0.05) is 30.7 Å². The highest BCUT2D eigenvalue weighted by molar-refractivity contribution is 6.30. The Morgan fingerprint density at radius 1 is 1.23 bits per heavy atom. The van der Waals surface area contributed by atoms with Gasteiger partial charge in [0.1, 0.15) is 5.60 Å². The molecule has 0 bridgehead atoms. The number of amides is 1. The van der Waals surface area contributed by atoms with Crippen molar-refractivity contribution >= 4 is 17.7 Å². The molecule has 1 aromatic rings. The van der Waals surface area contributed by atoms with Crippen LogP contribution < -0.4 is 5.32 Å². The number of halogens is 1. The first kappa shape index (κ1) is 18.8. The van der Waals surface area contributed by atoms with E-state index in [0.29, 0.717) is 13.1 Å². The molecule has 1 rings (SSSR count). The summed E-state index contributed by atoms with van der Waals surface area (Å²) in [4.78, 5) is 13.9. The lowest BCUT2D eigenvalue weighted by molar-refractivity contribution is 0.0252. The quantitative estimate of drug-likeness (QED) is 0.768. The maximum Gasteiger partial charge on any atom is 0.410 e. The Balaban J connectivity index is 2.37. The zero-order valence-electron chi connectivity index (χ0n) is 14.0. The largest absolute Gasteiger partial charge is 0.444 e. The molecular formula is C17H27ClN2O2. The summed E-state index contributed by atoms with van der Waals surface area (Å²) in [5, 5.41) is 4.07. The zero-order valence-corrected chi connectivity index (χ0v) is 14.7. The molecule has 1 aromatic carbocycles. The van der Waals surface area contributed by atoms with E-state index in [9.17, 15) is 4.79 Å². The Labute approximate surface area is 138 Å². The van der Waals surface area contributed by atoms with E-state index in [1.54, 1.807) is 4.90 Å². The zero-order chi connectivity index (χ0) is 16.6. The molecule has 0 fully saturated rings. The highest BCUT2D eigenvalue weighted by Crippen LogP contribution is 2.11. The summed E-state index contributed by atoms with van der Waals surface area (Å²) in [5.41, 5.74) is 0.712.